The van der Waals surface area contributed by atoms with Crippen LogP contribution in [0, 0.1) is 19.7 Å². The first-order valence-corrected chi connectivity index (χ1v) is 12.7. The highest BCUT2D eigenvalue weighted by Crippen LogP contribution is 2.33. The lowest BCUT2D eigenvalue weighted by Crippen LogP contribution is -2.44. The molecule has 0 bridgehead atoms. The van der Waals surface area contributed by atoms with Gasteiger partial charge in [0.15, 0.2) is 11.6 Å². The molecule has 0 saturated carbocycles. The molecule has 1 atom stereocenters. The standard InChI is InChI=1S/C27H29FN10O/c1-15-14-39-10-9-36(15)23-12-21(24-16(2)35-38(17(24)3)18-11-19(28)25(29)31-13-18)33-27(34-23)37-22-8-6-5-7-20(22)32-26(37)30-4/h5-8,11-13,15H,9-10,14H2,1-4H3,(H2,29,31)(H,30,32)/t15-/m1/s1. The molecule has 0 unspecified atom stereocenters. The number of rotatable bonds is 5. The van der Waals surface area contributed by atoms with Crippen molar-refractivity contribution in [1.29, 1.82) is 0 Å². The summed E-state index contributed by atoms with van der Waals surface area (Å²) in [7, 11) is 1.82. The third-order valence-electron chi connectivity index (χ3n) is 6.99. The van der Waals surface area contributed by atoms with E-state index in [2.05, 4.69) is 22.1 Å². The topological polar surface area (TPSA) is 125 Å². The largest absolute Gasteiger partial charge is 0.381 e. The minimum absolute atomic E-state index is 0.131. The van der Waals surface area contributed by atoms with Gasteiger partial charge in [-0.1, -0.05) is 12.1 Å². The lowest BCUT2D eigenvalue weighted by molar-refractivity contribution is 0.0985. The molecule has 4 aromatic heterocycles. The number of pyridine rings is 1. The molecule has 3 N–H and O–H groups in total. The first-order valence-electron chi connectivity index (χ1n) is 12.7. The molecule has 1 aliphatic heterocycles. The van der Waals surface area contributed by atoms with Gasteiger partial charge in [-0.05, 0) is 32.9 Å². The van der Waals surface area contributed by atoms with Crippen molar-refractivity contribution in [3.8, 4) is 22.9 Å². The monoisotopic (exact) mass is 528 g/mol. The lowest BCUT2D eigenvalue weighted by atomic mass is 10.1. The zero-order chi connectivity index (χ0) is 27.3. The molecule has 39 heavy (non-hydrogen) atoms. The van der Waals surface area contributed by atoms with Crippen LogP contribution in [0.3, 0.4) is 0 Å². The van der Waals surface area contributed by atoms with Gasteiger partial charge >= 0.3 is 0 Å². The Kier molecular flexibility index (Phi) is 6.10. The molecule has 1 aromatic carbocycles. The smallest absolute Gasteiger partial charge is 0.239 e. The summed E-state index contributed by atoms with van der Waals surface area (Å²) in [5, 5.41) is 7.88. The maximum absolute atomic E-state index is 14.3. The van der Waals surface area contributed by atoms with Gasteiger partial charge < -0.3 is 20.7 Å². The number of hydrogen-bond donors (Lipinski definition) is 2. The summed E-state index contributed by atoms with van der Waals surface area (Å²) in [6.45, 7) is 7.87. The quantitative estimate of drug-likeness (QED) is 0.351. The Labute approximate surface area is 224 Å². The number of morpholine rings is 1. The molecule has 0 spiro atoms. The van der Waals surface area contributed by atoms with E-state index in [9.17, 15) is 4.39 Å². The average Bonchev–Trinajstić information content (AvgIpc) is 3.46. The Balaban J connectivity index is 1.57. The second-order valence-corrected chi connectivity index (χ2v) is 9.56. The molecule has 1 aliphatic rings. The number of nitrogens with one attached hydrogen (secondary N) is 1. The summed E-state index contributed by atoms with van der Waals surface area (Å²) >= 11 is 0. The Morgan fingerprint density at radius 1 is 1.13 bits per heavy atom. The van der Waals surface area contributed by atoms with E-state index < -0.39 is 5.82 Å². The van der Waals surface area contributed by atoms with Crippen LogP contribution in [0.2, 0.25) is 0 Å². The molecule has 200 valence electrons. The van der Waals surface area contributed by atoms with Gasteiger partial charge in [0.05, 0.1) is 59.3 Å². The molecular weight excluding hydrogens is 499 g/mol. The van der Waals surface area contributed by atoms with Crippen LogP contribution in [0.25, 0.3) is 33.9 Å². The fourth-order valence-electron chi connectivity index (χ4n) is 5.08. The van der Waals surface area contributed by atoms with Crippen LogP contribution >= 0.6 is 0 Å². The van der Waals surface area contributed by atoms with Crippen LogP contribution in [0.5, 0.6) is 0 Å². The van der Waals surface area contributed by atoms with Crippen LogP contribution in [-0.4, -0.2) is 67.1 Å². The van der Waals surface area contributed by atoms with Crippen molar-refractivity contribution in [2.75, 3.05) is 42.8 Å². The van der Waals surface area contributed by atoms with Gasteiger partial charge in [-0.15, -0.1) is 0 Å². The second kappa shape index (κ2) is 9.62. The zero-order valence-corrected chi connectivity index (χ0v) is 22.2. The number of imidazole rings is 1. The van der Waals surface area contributed by atoms with Gasteiger partial charge in [-0.3, -0.25) is 0 Å². The number of halogens is 1. The summed E-state index contributed by atoms with van der Waals surface area (Å²) in [6.07, 6.45) is 1.50. The van der Waals surface area contributed by atoms with Crippen molar-refractivity contribution in [3.05, 3.63) is 59.8 Å². The van der Waals surface area contributed by atoms with Crippen LogP contribution in [0.4, 0.5) is 22.0 Å². The number of aryl methyl sites for hydroxylation is 1. The Bertz CT molecular complexity index is 1690. The molecular formula is C27H29FN10O. The molecule has 0 amide bonds. The third kappa shape index (κ3) is 4.22. The third-order valence-corrected chi connectivity index (χ3v) is 6.99. The molecule has 1 saturated heterocycles. The van der Waals surface area contributed by atoms with Crippen LogP contribution in [0.1, 0.15) is 18.3 Å². The van der Waals surface area contributed by atoms with Crippen LogP contribution < -0.4 is 16.0 Å². The number of fused-ring (bicyclic) bond motifs is 1. The fraction of sp³-hybridized carbons (Fsp3) is 0.296. The number of benzene rings is 1. The second-order valence-electron chi connectivity index (χ2n) is 9.56. The molecule has 5 heterocycles. The molecule has 0 radical (unpaired) electrons. The van der Waals surface area contributed by atoms with E-state index in [1.54, 1.807) is 4.68 Å². The minimum Gasteiger partial charge on any atom is -0.381 e. The maximum Gasteiger partial charge on any atom is 0.239 e. The first kappa shape index (κ1) is 24.7. The first-order chi connectivity index (χ1) is 18.9. The highest BCUT2D eigenvalue weighted by atomic mass is 19.1. The molecule has 0 aliphatic carbocycles. The summed E-state index contributed by atoms with van der Waals surface area (Å²) < 4.78 is 23.5. The zero-order valence-electron chi connectivity index (χ0n) is 22.2. The van der Waals surface area contributed by atoms with Crippen molar-refractivity contribution in [3.63, 3.8) is 0 Å². The van der Waals surface area contributed by atoms with E-state index in [0.717, 1.165) is 33.8 Å². The number of nitrogen functional groups attached to an aromatic ring is 1. The predicted molar refractivity (Wildman–Crippen MR) is 148 cm³/mol. The Morgan fingerprint density at radius 3 is 2.72 bits per heavy atom. The number of aromatic nitrogens is 7. The summed E-state index contributed by atoms with van der Waals surface area (Å²) in [6, 6.07) is 11.3. The Hall–Kier alpha value is -4.58. The number of hydrogen-bond acceptors (Lipinski definition) is 9. The van der Waals surface area contributed by atoms with Crippen LogP contribution in [0.15, 0.2) is 42.6 Å². The number of para-hydroxylation sites is 2. The molecule has 11 nitrogen and oxygen atoms in total. The Morgan fingerprint density at radius 2 is 1.95 bits per heavy atom. The summed E-state index contributed by atoms with van der Waals surface area (Å²) in [4.78, 5) is 21.0. The van der Waals surface area contributed by atoms with Gasteiger partial charge in [0.25, 0.3) is 0 Å². The molecule has 12 heteroatoms. The van der Waals surface area contributed by atoms with Crippen molar-refractivity contribution in [2.45, 2.75) is 26.8 Å². The fourth-order valence-corrected chi connectivity index (χ4v) is 5.08. The highest BCUT2D eigenvalue weighted by Gasteiger charge is 2.25. The van der Waals surface area contributed by atoms with Crippen molar-refractivity contribution in [2.24, 2.45) is 0 Å². The van der Waals surface area contributed by atoms with E-state index >= 15 is 0 Å². The molecule has 5 aromatic rings. The van der Waals surface area contributed by atoms with Gasteiger partial charge in [0.2, 0.25) is 11.9 Å². The van der Waals surface area contributed by atoms with Crippen molar-refractivity contribution < 1.29 is 9.13 Å². The molecule has 1 fully saturated rings. The van der Waals surface area contributed by atoms with Crippen LogP contribution in [-0.2, 0) is 4.74 Å². The normalized spacial score (nSPS) is 15.7. The van der Waals surface area contributed by atoms with Gasteiger partial charge in [-0.25, -0.2) is 28.6 Å². The average molecular weight is 529 g/mol. The minimum atomic E-state index is -0.596. The highest BCUT2D eigenvalue weighted by molar-refractivity contribution is 5.81. The lowest BCUT2D eigenvalue weighted by Gasteiger charge is -2.34. The van der Waals surface area contributed by atoms with Gasteiger partial charge in [-0.2, -0.15) is 10.1 Å². The predicted octanol–water partition coefficient (Wildman–Crippen LogP) is 3.67. The van der Waals surface area contributed by atoms with Gasteiger partial charge in [0.1, 0.15) is 5.82 Å². The maximum atomic E-state index is 14.3. The van der Waals surface area contributed by atoms with Gasteiger partial charge in [0, 0.05) is 31.3 Å². The van der Waals surface area contributed by atoms with Crippen molar-refractivity contribution in [1.82, 2.24) is 34.3 Å². The van der Waals surface area contributed by atoms with E-state index in [1.165, 1.54) is 12.3 Å². The van der Waals surface area contributed by atoms with E-state index in [0.29, 0.717) is 43.0 Å². The number of anilines is 3. The van der Waals surface area contributed by atoms with E-state index in [-0.39, 0.29) is 11.9 Å². The number of nitrogens with zero attached hydrogens (tertiary/aromatic N) is 8. The molecule has 6 rings (SSSR count). The summed E-state index contributed by atoms with van der Waals surface area (Å²) in [5.74, 6) is 1.13. The number of ether oxygens (including phenoxy) is 1. The SMILES string of the molecule is CNc1nc2ccccc2n1-c1nc(-c2c(C)nn(-c3cnc(N)c(F)c3)c2C)cc(N2CCOC[C@H]2C)n1. The van der Waals surface area contributed by atoms with E-state index in [1.807, 2.05) is 55.8 Å². The van der Waals surface area contributed by atoms with Crippen molar-refractivity contribution >= 4 is 28.6 Å². The number of nitrogens with two attached hydrogens (primary N) is 1. The van der Waals surface area contributed by atoms with E-state index in [4.69, 9.17) is 30.5 Å². The summed E-state index contributed by atoms with van der Waals surface area (Å²) in [5.41, 5.74) is 10.8.